The Morgan fingerprint density at radius 2 is 1.89 bits per heavy atom. The number of alkyl halides is 3. The summed E-state index contributed by atoms with van der Waals surface area (Å²) < 4.78 is 41.1. The lowest BCUT2D eigenvalue weighted by Crippen LogP contribution is -2.43. The lowest BCUT2D eigenvalue weighted by Gasteiger charge is -2.32. The first-order valence-corrected chi connectivity index (χ1v) is 11.2. The fraction of sp³-hybridized carbons (Fsp3) is 0.280. The van der Waals surface area contributed by atoms with Gasteiger partial charge in [0.1, 0.15) is 11.5 Å². The second-order valence-corrected chi connectivity index (χ2v) is 9.02. The van der Waals surface area contributed by atoms with E-state index in [4.69, 9.17) is 22.3 Å². The Bertz CT molecular complexity index is 1410. The molecule has 0 aliphatic carbocycles. The maximum atomic E-state index is 13.6. The Morgan fingerprint density at radius 1 is 1.16 bits per heavy atom. The van der Waals surface area contributed by atoms with Gasteiger partial charge in [-0.25, -0.2) is 4.98 Å². The average Bonchev–Trinajstić information content (AvgIpc) is 3.40. The zero-order valence-corrected chi connectivity index (χ0v) is 21.0. The van der Waals surface area contributed by atoms with Crippen molar-refractivity contribution >= 4 is 53.9 Å². The minimum atomic E-state index is -4.58. The number of anilines is 2. The third-order valence-corrected chi connectivity index (χ3v) is 6.45. The van der Waals surface area contributed by atoms with Crippen molar-refractivity contribution in [3.05, 3.63) is 75.7 Å². The van der Waals surface area contributed by atoms with Crippen LogP contribution in [0, 0.1) is 0 Å². The van der Waals surface area contributed by atoms with Gasteiger partial charge in [-0.2, -0.15) is 31.8 Å². The van der Waals surface area contributed by atoms with Crippen LogP contribution in [0.2, 0.25) is 5.02 Å². The molecule has 1 amide bonds. The molecule has 0 fully saturated rings. The second kappa shape index (κ2) is 10.2. The molecule has 3 aromatic rings. The third kappa shape index (κ3) is 4.97. The maximum absolute atomic E-state index is 13.6. The molecule has 2 aromatic heterocycles. The van der Waals surface area contributed by atoms with Crippen LogP contribution in [0.5, 0.6) is 0 Å². The lowest BCUT2D eigenvalue weighted by atomic mass is 10.0. The number of amides is 1. The van der Waals surface area contributed by atoms with Crippen LogP contribution in [-0.4, -0.2) is 32.9 Å². The summed E-state index contributed by atoms with van der Waals surface area (Å²) in [5.41, 5.74) is 9.15. The standard InChI is InChI=1S/C24H20ClF3N6O.CH4.H2S/c1-12-7-19(14-3-6-20(29)30-9-14)32-21(12)16-10-31-34-13(2)11-33(23(35)22(16)34)15-4-5-17(18(25)8-15)24(26,27)28;;/h3-6,8-10,13H,7,11H2,1-2H3,(H2,29,30);1H4;1H2/t13-;;/m0../s1. The van der Waals surface area contributed by atoms with E-state index >= 15 is 0 Å². The zero-order chi connectivity index (χ0) is 25.1. The molecule has 4 heterocycles. The van der Waals surface area contributed by atoms with Crippen LogP contribution in [0.4, 0.5) is 24.7 Å². The van der Waals surface area contributed by atoms with Crippen molar-refractivity contribution in [2.75, 3.05) is 17.2 Å². The number of pyridine rings is 1. The molecule has 0 radical (unpaired) electrons. The van der Waals surface area contributed by atoms with Gasteiger partial charge in [0.05, 0.1) is 39.8 Å². The minimum absolute atomic E-state index is 0. The van der Waals surface area contributed by atoms with Crippen LogP contribution in [0.15, 0.2) is 53.3 Å². The Morgan fingerprint density at radius 3 is 2.51 bits per heavy atom. The molecule has 5 rings (SSSR count). The Labute approximate surface area is 224 Å². The molecule has 12 heteroatoms. The summed E-state index contributed by atoms with van der Waals surface area (Å²) >= 11 is 5.92. The summed E-state index contributed by atoms with van der Waals surface area (Å²) in [6, 6.07) is 6.65. The Kier molecular flexibility index (Phi) is 7.80. The van der Waals surface area contributed by atoms with Gasteiger partial charge >= 0.3 is 6.18 Å². The van der Waals surface area contributed by atoms with Crippen LogP contribution in [0.1, 0.15) is 60.9 Å². The number of hydrogen-bond acceptors (Lipinski definition) is 5. The number of aromatic nitrogens is 3. The number of aliphatic imine (C=N–C) groups is 1. The van der Waals surface area contributed by atoms with Crippen molar-refractivity contribution in [3.63, 3.8) is 0 Å². The molecule has 7 nitrogen and oxygen atoms in total. The van der Waals surface area contributed by atoms with E-state index in [-0.39, 0.29) is 45.1 Å². The van der Waals surface area contributed by atoms with Crippen LogP contribution in [0.25, 0.3) is 5.70 Å². The highest BCUT2D eigenvalue weighted by Crippen LogP contribution is 2.39. The Hall–Kier alpha value is -3.31. The van der Waals surface area contributed by atoms with Gasteiger partial charge in [0.15, 0.2) is 0 Å². The summed E-state index contributed by atoms with van der Waals surface area (Å²) in [5.74, 6) is 0.0236. The molecule has 0 saturated heterocycles. The molecular weight excluding hydrogens is 525 g/mol. The number of carbonyl (C=O) groups excluding carboxylic acids is 1. The number of fused-ring (bicyclic) bond motifs is 1. The van der Waals surface area contributed by atoms with Gasteiger partial charge in [-0.15, -0.1) is 0 Å². The van der Waals surface area contributed by atoms with E-state index in [1.807, 2.05) is 19.9 Å². The number of nitrogens with two attached hydrogens (primary N) is 1. The smallest absolute Gasteiger partial charge is 0.384 e. The summed E-state index contributed by atoms with van der Waals surface area (Å²) in [4.78, 5) is 23.9. The number of hydrogen-bond donors (Lipinski definition) is 1. The molecule has 196 valence electrons. The normalized spacial score (nSPS) is 17.2. The predicted octanol–water partition coefficient (Wildman–Crippen LogP) is 6.13. The van der Waals surface area contributed by atoms with Crippen molar-refractivity contribution < 1.29 is 18.0 Å². The van der Waals surface area contributed by atoms with Gasteiger partial charge in [-0.1, -0.05) is 19.0 Å². The van der Waals surface area contributed by atoms with E-state index in [1.165, 1.54) is 17.0 Å². The SMILES string of the molecule is C.CC1=C(c2cnn3c2C(=O)N(c2ccc(C(F)(F)F)c(Cl)c2)C[C@@H]3C)N=C(c2ccc(N)nc2)C1.S. The molecule has 0 unspecified atom stereocenters. The van der Waals surface area contributed by atoms with Crippen molar-refractivity contribution in [1.82, 2.24) is 14.8 Å². The molecule has 0 bridgehead atoms. The van der Waals surface area contributed by atoms with Gasteiger partial charge in [-0.3, -0.25) is 14.5 Å². The van der Waals surface area contributed by atoms with E-state index in [9.17, 15) is 18.0 Å². The fourth-order valence-corrected chi connectivity index (χ4v) is 4.68. The number of halogens is 4. The van der Waals surface area contributed by atoms with Crippen LogP contribution >= 0.6 is 25.1 Å². The fourth-order valence-electron chi connectivity index (χ4n) is 4.40. The number of nitrogens with zero attached hydrogens (tertiary/aromatic N) is 5. The first kappa shape index (κ1) is 28.3. The van der Waals surface area contributed by atoms with Crippen molar-refractivity contribution in [3.8, 4) is 0 Å². The summed E-state index contributed by atoms with van der Waals surface area (Å²) in [7, 11) is 0. The van der Waals surface area contributed by atoms with Gasteiger partial charge in [0, 0.05) is 30.4 Å². The van der Waals surface area contributed by atoms with Gasteiger partial charge in [0.2, 0.25) is 0 Å². The molecule has 2 aliphatic heterocycles. The van der Waals surface area contributed by atoms with E-state index in [1.54, 1.807) is 23.1 Å². The zero-order valence-electron chi connectivity index (χ0n) is 19.3. The van der Waals surface area contributed by atoms with Crippen molar-refractivity contribution in [2.45, 2.75) is 39.9 Å². The lowest BCUT2D eigenvalue weighted by molar-refractivity contribution is -0.137. The first-order chi connectivity index (χ1) is 16.5. The summed E-state index contributed by atoms with van der Waals surface area (Å²) in [6.07, 6.45) is -0.739. The van der Waals surface area contributed by atoms with Gasteiger partial charge < -0.3 is 10.6 Å². The minimum Gasteiger partial charge on any atom is -0.384 e. The quantitative estimate of drug-likeness (QED) is 0.425. The second-order valence-electron chi connectivity index (χ2n) is 8.61. The topological polar surface area (TPSA) is 89.4 Å². The largest absolute Gasteiger partial charge is 0.417 e. The van der Waals surface area contributed by atoms with E-state index in [0.717, 1.165) is 22.9 Å². The molecule has 37 heavy (non-hydrogen) atoms. The molecule has 1 aromatic carbocycles. The Balaban J connectivity index is 0.00000190. The third-order valence-electron chi connectivity index (χ3n) is 6.14. The van der Waals surface area contributed by atoms with Crippen LogP contribution in [-0.2, 0) is 6.18 Å². The highest BCUT2D eigenvalue weighted by molar-refractivity contribution is 7.59. The summed E-state index contributed by atoms with van der Waals surface area (Å²) in [5, 5.41) is 3.97. The number of nitrogen functional groups attached to an aromatic ring is 1. The monoisotopic (exact) mass is 550 g/mol. The van der Waals surface area contributed by atoms with Gasteiger partial charge in [-0.05, 0) is 49.8 Å². The van der Waals surface area contributed by atoms with Crippen LogP contribution in [0.3, 0.4) is 0 Å². The predicted molar refractivity (Wildman–Crippen MR) is 145 cm³/mol. The van der Waals surface area contributed by atoms with Crippen LogP contribution < -0.4 is 10.6 Å². The van der Waals surface area contributed by atoms with E-state index < -0.39 is 16.8 Å². The molecule has 2 aliphatic rings. The van der Waals surface area contributed by atoms with Crippen molar-refractivity contribution in [1.29, 1.82) is 0 Å². The van der Waals surface area contributed by atoms with Crippen molar-refractivity contribution in [2.24, 2.45) is 4.99 Å². The molecule has 0 saturated carbocycles. The number of allylic oxidation sites excluding steroid dienone is 1. The molecule has 2 N–H and O–H groups in total. The highest BCUT2D eigenvalue weighted by Gasteiger charge is 2.37. The number of rotatable bonds is 3. The molecule has 1 atom stereocenters. The number of benzene rings is 1. The summed E-state index contributed by atoms with van der Waals surface area (Å²) in [6.45, 7) is 4.05. The molecule has 0 spiro atoms. The molecular formula is C25H26ClF3N6OS. The average molecular weight is 551 g/mol. The highest BCUT2D eigenvalue weighted by atomic mass is 35.5. The maximum Gasteiger partial charge on any atom is 0.417 e. The number of carbonyl (C=O) groups is 1. The van der Waals surface area contributed by atoms with Gasteiger partial charge in [0.25, 0.3) is 5.91 Å². The first-order valence-electron chi connectivity index (χ1n) is 10.8. The van der Waals surface area contributed by atoms with E-state index in [0.29, 0.717) is 29.2 Å². The van der Waals surface area contributed by atoms with E-state index in [2.05, 4.69) is 10.1 Å².